The van der Waals surface area contributed by atoms with E-state index in [0.717, 1.165) is 44.4 Å². The van der Waals surface area contributed by atoms with Gasteiger partial charge in [0.05, 0.1) is 23.9 Å². The van der Waals surface area contributed by atoms with E-state index in [1.807, 2.05) is 79.8 Å². The smallest absolute Gasteiger partial charge is 0.260 e. The monoisotopic (exact) mass is 380 g/mol. The number of benzene rings is 3. The number of H-pyrrole nitrogens is 1. The number of nitrogens with one attached hydrogen (secondary N) is 1. The number of hydrogen-bond acceptors (Lipinski definition) is 2. The van der Waals surface area contributed by atoms with E-state index in [1.54, 1.807) is 11.7 Å². The first-order chi connectivity index (χ1) is 14.2. The van der Waals surface area contributed by atoms with Crippen molar-refractivity contribution < 1.29 is 4.74 Å². The summed E-state index contributed by atoms with van der Waals surface area (Å²) in [4.78, 5) is 16.9. The Balaban J connectivity index is 1.91. The first kappa shape index (κ1) is 17.3. The van der Waals surface area contributed by atoms with Crippen molar-refractivity contribution in [1.29, 1.82) is 0 Å². The van der Waals surface area contributed by atoms with Crippen molar-refractivity contribution >= 4 is 21.8 Å². The lowest BCUT2D eigenvalue weighted by molar-refractivity contribution is 0.415. The van der Waals surface area contributed by atoms with Crippen LogP contribution in [0.25, 0.3) is 44.2 Å². The number of ether oxygens (including phenoxy) is 1. The summed E-state index contributed by atoms with van der Waals surface area (Å²) in [6, 6.07) is 26.0. The number of hydrogen-bond donors (Lipinski definition) is 1. The van der Waals surface area contributed by atoms with Crippen molar-refractivity contribution in [1.82, 2.24) is 9.55 Å². The maximum absolute atomic E-state index is 13.5. The van der Waals surface area contributed by atoms with E-state index in [9.17, 15) is 4.79 Å². The van der Waals surface area contributed by atoms with Gasteiger partial charge in [-0.2, -0.15) is 0 Å². The number of para-hydroxylation sites is 2. The average Bonchev–Trinajstić information content (AvgIpc) is 3.20. The summed E-state index contributed by atoms with van der Waals surface area (Å²) in [5.74, 6) is 0.786. The molecule has 0 bridgehead atoms. The number of aromatic amines is 1. The van der Waals surface area contributed by atoms with Gasteiger partial charge in [-0.25, -0.2) is 0 Å². The predicted molar refractivity (Wildman–Crippen MR) is 118 cm³/mol. The number of methoxy groups -OCH3 is 1. The Kier molecular flexibility index (Phi) is 3.98. The second-order valence-electron chi connectivity index (χ2n) is 7.13. The highest BCUT2D eigenvalue weighted by Crippen LogP contribution is 2.37. The Hall–Kier alpha value is -3.79. The van der Waals surface area contributed by atoms with Crippen LogP contribution in [0.15, 0.2) is 83.7 Å². The van der Waals surface area contributed by atoms with Crippen LogP contribution in [0.4, 0.5) is 0 Å². The molecule has 0 aliphatic rings. The molecule has 3 aromatic carbocycles. The van der Waals surface area contributed by atoms with Crippen LogP contribution in [0.1, 0.15) is 0 Å². The van der Waals surface area contributed by atoms with E-state index in [1.165, 1.54) is 0 Å². The molecule has 0 aliphatic heterocycles. The van der Waals surface area contributed by atoms with Gasteiger partial charge in [-0.15, -0.1) is 0 Å². The minimum Gasteiger partial charge on any atom is -0.497 e. The number of nitrogens with zero attached hydrogens (tertiary/aromatic N) is 1. The minimum atomic E-state index is -0.0268. The summed E-state index contributed by atoms with van der Waals surface area (Å²) in [6.45, 7) is 0. The molecule has 0 spiro atoms. The number of aryl methyl sites for hydroxylation is 1. The molecule has 0 amide bonds. The molecular formula is C25H20N2O2. The Bertz CT molecular complexity index is 1380. The van der Waals surface area contributed by atoms with Crippen LogP contribution in [0.5, 0.6) is 5.75 Å². The SMILES string of the molecule is COc1ccc(-c2c(-c3cc4ccccc4[nH]3)c(=O)n(C)c3ccccc23)cc1. The molecule has 0 aliphatic carbocycles. The molecule has 0 saturated carbocycles. The summed E-state index contributed by atoms with van der Waals surface area (Å²) in [5.41, 5.74) is 5.30. The molecule has 0 fully saturated rings. The van der Waals surface area contributed by atoms with Gasteiger partial charge >= 0.3 is 0 Å². The Morgan fingerprint density at radius 2 is 1.59 bits per heavy atom. The third-order valence-electron chi connectivity index (χ3n) is 5.48. The van der Waals surface area contributed by atoms with Gasteiger partial charge in [0.15, 0.2) is 0 Å². The summed E-state index contributed by atoms with van der Waals surface area (Å²) >= 11 is 0. The lowest BCUT2D eigenvalue weighted by Crippen LogP contribution is -2.20. The second kappa shape index (κ2) is 6.67. The molecule has 0 saturated heterocycles. The Labute approximate surface area is 168 Å². The topological polar surface area (TPSA) is 47.0 Å². The van der Waals surface area contributed by atoms with E-state index in [0.29, 0.717) is 5.56 Å². The Morgan fingerprint density at radius 1 is 0.862 bits per heavy atom. The van der Waals surface area contributed by atoms with E-state index in [4.69, 9.17) is 4.74 Å². The van der Waals surface area contributed by atoms with Gasteiger partial charge in [-0.05, 0) is 35.9 Å². The van der Waals surface area contributed by atoms with Gasteiger partial charge in [0.1, 0.15) is 5.75 Å². The fraction of sp³-hybridized carbons (Fsp3) is 0.0800. The van der Waals surface area contributed by atoms with Gasteiger partial charge in [0.2, 0.25) is 0 Å². The number of fused-ring (bicyclic) bond motifs is 2. The van der Waals surface area contributed by atoms with Crippen molar-refractivity contribution in [2.75, 3.05) is 7.11 Å². The summed E-state index contributed by atoms with van der Waals surface area (Å²) in [5, 5.41) is 2.12. The zero-order chi connectivity index (χ0) is 20.0. The molecular weight excluding hydrogens is 360 g/mol. The van der Waals surface area contributed by atoms with Crippen molar-refractivity contribution in [3.63, 3.8) is 0 Å². The van der Waals surface area contributed by atoms with Gasteiger partial charge < -0.3 is 14.3 Å². The molecule has 5 rings (SSSR count). The highest BCUT2D eigenvalue weighted by atomic mass is 16.5. The van der Waals surface area contributed by atoms with Crippen LogP contribution >= 0.6 is 0 Å². The van der Waals surface area contributed by atoms with Crippen LogP contribution in [-0.4, -0.2) is 16.7 Å². The molecule has 0 unspecified atom stereocenters. The molecule has 0 radical (unpaired) electrons. The van der Waals surface area contributed by atoms with E-state index >= 15 is 0 Å². The fourth-order valence-corrected chi connectivity index (χ4v) is 4.01. The quantitative estimate of drug-likeness (QED) is 0.458. The number of rotatable bonds is 3. The van der Waals surface area contributed by atoms with Crippen LogP contribution in [-0.2, 0) is 7.05 Å². The van der Waals surface area contributed by atoms with Crippen molar-refractivity contribution in [2.45, 2.75) is 0 Å². The van der Waals surface area contributed by atoms with Gasteiger partial charge in [-0.3, -0.25) is 4.79 Å². The predicted octanol–water partition coefficient (Wildman–Crippen LogP) is 5.36. The van der Waals surface area contributed by atoms with Crippen LogP contribution in [0.3, 0.4) is 0 Å². The maximum atomic E-state index is 13.5. The standard InChI is InChI=1S/C25H20N2O2/c1-27-22-10-6-4-8-19(22)23(16-11-13-18(29-2)14-12-16)24(25(27)28)21-15-17-7-3-5-9-20(17)26-21/h3-15,26H,1-2H3. The summed E-state index contributed by atoms with van der Waals surface area (Å²) < 4.78 is 7.04. The maximum Gasteiger partial charge on any atom is 0.260 e. The fourth-order valence-electron chi connectivity index (χ4n) is 4.01. The lowest BCUT2D eigenvalue weighted by Gasteiger charge is -2.16. The van der Waals surface area contributed by atoms with Gasteiger partial charge in [0.25, 0.3) is 5.56 Å². The highest BCUT2D eigenvalue weighted by molar-refractivity contribution is 6.03. The molecule has 142 valence electrons. The zero-order valence-electron chi connectivity index (χ0n) is 16.3. The Morgan fingerprint density at radius 3 is 2.34 bits per heavy atom. The van der Waals surface area contributed by atoms with Crippen molar-refractivity contribution in [3.05, 3.63) is 89.2 Å². The average molecular weight is 380 g/mol. The van der Waals surface area contributed by atoms with Crippen molar-refractivity contribution in [2.24, 2.45) is 7.05 Å². The third kappa shape index (κ3) is 2.72. The molecule has 4 nitrogen and oxygen atoms in total. The second-order valence-corrected chi connectivity index (χ2v) is 7.13. The number of aromatic nitrogens is 2. The van der Waals surface area contributed by atoms with E-state index < -0.39 is 0 Å². The zero-order valence-corrected chi connectivity index (χ0v) is 16.3. The van der Waals surface area contributed by atoms with Gasteiger partial charge in [0, 0.05) is 28.9 Å². The third-order valence-corrected chi connectivity index (χ3v) is 5.48. The summed E-state index contributed by atoms with van der Waals surface area (Å²) in [6.07, 6.45) is 0. The van der Waals surface area contributed by atoms with E-state index in [-0.39, 0.29) is 5.56 Å². The molecule has 29 heavy (non-hydrogen) atoms. The normalized spacial score (nSPS) is 11.2. The van der Waals surface area contributed by atoms with Gasteiger partial charge in [-0.1, -0.05) is 48.5 Å². The first-order valence-corrected chi connectivity index (χ1v) is 9.51. The molecule has 0 atom stereocenters. The van der Waals surface area contributed by atoms with Crippen LogP contribution < -0.4 is 10.3 Å². The van der Waals surface area contributed by atoms with Crippen LogP contribution in [0, 0.1) is 0 Å². The molecule has 2 heterocycles. The molecule has 5 aromatic rings. The molecule has 1 N–H and O–H groups in total. The molecule has 2 aromatic heterocycles. The van der Waals surface area contributed by atoms with Crippen LogP contribution in [0.2, 0.25) is 0 Å². The molecule has 4 heteroatoms. The van der Waals surface area contributed by atoms with Crippen molar-refractivity contribution in [3.8, 4) is 28.1 Å². The lowest BCUT2D eigenvalue weighted by atomic mass is 9.94. The van der Waals surface area contributed by atoms with E-state index in [2.05, 4.69) is 11.1 Å². The number of pyridine rings is 1. The first-order valence-electron chi connectivity index (χ1n) is 9.51. The summed E-state index contributed by atoms with van der Waals surface area (Å²) in [7, 11) is 3.48. The minimum absolute atomic E-state index is 0.0268. The largest absolute Gasteiger partial charge is 0.497 e. The highest BCUT2D eigenvalue weighted by Gasteiger charge is 2.19.